The van der Waals surface area contributed by atoms with E-state index in [0.717, 1.165) is 11.6 Å². The second-order valence-corrected chi connectivity index (χ2v) is 4.33. The summed E-state index contributed by atoms with van der Waals surface area (Å²) in [5.74, 6) is -1.47. The molecule has 1 nitrogen and oxygen atoms in total. The third kappa shape index (κ3) is 3.35. The van der Waals surface area contributed by atoms with Gasteiger partial charge in [0, 0.05) is 12.1 Å². The van der Waals surface area contributed by atoms with Gasteiger partial charge in [-0.15, -0.1) is 0 Å². The number of nitrogens with one attached hydrogen (secondary N) is 1. The highest BCUT2D eigenvalue weighted by molar-refractivity contribution is 5.25. The van der Waals surface area contributed by atoms with Crippen LogP contribution in [0.5, 0.6) is 0 Å². The fourth-order valence-corrected chi connectivity index (χ4v) is 1.99. The molecule has 0 amide bonds. The molecule has 4 heteroatoms. The molecule has 0 aliphatic heterocycles. The lowest BCUT2D eigenvalue weighted by molar-refractivity contribution is 0.539. The topological polar surface area (TPSA) is 12.0 Å². The molecule has 0 aromatic heterocycles. The average molecular weight is 265 g/mol. The van der Waals surface area contributed by atoms with Crippen LogP contribution in [0, 0.1) is 17.5 Å². The molecule has 19 heavy (non-hydrogen) atoms. The van der Waals surface area contributed by atoms with Gasteiger partial charge in [0.05, 0.1) is 0 Å². The molecular weight excluding hydrogens is 251 g/mol. The largest absolute Gasteiger partial charge is 0.313 e. The van der Waals surface area contributed by atoms with Crippen LogP contribution >= 0.6 is 0 Å². The molecule has 0 saturated carbocycles. The molecule has 2 rings (SSSR count). The Morgan fingerprint density at radius 2 is 1.58 bits per heavy atom. The van der Waals surface area contributed by atoms with Crippen LogP contribution in [0.4, 0.5) is 13.2 Å². The Hall–Kier alpha value is -1.81. The maximum atomic E-state index is 13.6. The first-order valence-electron chi connectivity index (χ1n) is 5.97. The van der Waals surface area contributed by atoms with E-state index < -0.39 is 11.6 Å². The summed E-state index contributed by atoms with van der Waals surface area (Å²) in [6, 6.07) is 9.40. The summed E-state index contributed by atoms with van der Waals surface area (Å²) < 4.78 is 39.3. The number of likely N-dealkylation sites (N-methyl/N-ethyl adjacent to an activating group) is 1. The summed E-state index contributed by atoms with van der Waals surface area (Å²) in [4.78, 5) is 0. The van der Waals surface area contributed by atoms with E-state index in [0.29, 0.717) is 12.0 Å². The number of halogens is 3. The van der Waals surface area contributed by atoms with Crippen molar-refractivity contribution in [3.05, 3.63) is 71.0 Å². The molecule has 2 aromatic rings. The molecular formula is C15H14F3N. The van der Waals surface area contributed by atoms with Crippen LogP contribution in [0.2, 0.25) is 0 Å². The molecule has 0 aliphatic carbocycles. The lowest BCUT2D eigenvalue weighted by Crippen LogP contribution is -2.19. The zero-order chi connectivity index (χ0) is 13.8. The van der Waals surface area contributed by atoms with Crippen molar-refractivity contribution in [2.45, 2.75) is 12.5 Å². The first-order valence-corrected chi connectivity index (χ1v) is 5.97. The summed E-state index contributed by atoms with van der Waals surface area (Å²) in [5, 5.41) is 3.05. The van der Waals surface area contributed by atoms with E-state index in [2.05, 4.69) is 5.32 Å². The van der Waals surface area contributed by atoms with E-state index in [1.807, 2.05) is 0 Å². The first kappa shape index (κ1) is 13.6. The summed E-state index contributed by atoms with van der Waals surface area (Å²) in [6.07, 6.45) is 0.369. The van der Waals surface area contributed by atoms with Crippen LogP contribution in [-0.2, 0) is 6.42 Å². The first-order chi connectivity index (χ1) is 9.10. The Balaban J connectivity index is 2.21. The Morgan fingerprint density at radius 1 is 0.947 bits per heavy atom. The molecule has 0 spiro atoms. The Kier molecular flexibility index (Phi) is 4.22. The third-order valence-electron chi connectivity index (χ3n) is 3.06. The molecule has 0 saturated heterocycles. The van der Waals surface area contributed by atoms with E-state index in [1.165, 1.54) is 24.3 Å². The van der Waals surface area contributed by atoms with Gasteiger partial charge >= 0.3 is 0 Å². The Labute approximate surface area is 110 Å². The fourth-order valence-electron chi connectivity index (χ4n) is 1.99. The number of hydrogen-bond acceptors (Lipinski definition) is 1. The van der Waals surface area contributed by atoms with Crippen molar-refractivity contribution in [1.29, 1.82) is 0 Å². The van der Waals surface area contributed by atoms with Crippen molar-refractivity contribution in [3.8, 4) is 0 Å². The van der Waals surface area contributed by atoms with Crippen LogP contribution < -0.4 is 5.32 Å². The summed E-state index contributed by atoms with van der Waals surface area (Å²) in [5.41, 5.74) is 1.28. The van der Waals surface area contributed by atoms with Crippen molar-refractivity contribution < 1.29 is 13.2 Å². The highest BCUT2D eigenvalue weighted by Crippen LogP contribution is 2.20. The van der Waals surface area contributed by atoms with Gasteiger partial charge in [0.1, 0.15) is 17.5 Å². The summed E-state index contributed by atoms with van der Waals surface area (Å²) in [6.45, 7) is 0. The third-order valence-corrected chi connectivity index (χ3v) is 3.06. The van der Waals surface area contributed by atoms with Gasteiger partial charge in [-0.25, -0.2) is 13.2 Å². The van der Waals surface area contributed by atoms with E-state index in [-0.39, 0.29) is 11.9 Å². The zero-order valence-electron chi connectivity index (χ0n) is 10.5. The van der Waals surface area contributed by atoms with E-state index >= 15 is 0 Å². The van der Waals surface area contributed by atoms with Crippen LogP contribution in [0.15, 0.2) is 42.5 Å². The van der Waals surface area contributed by atoms with Gasteiger partial charge in [0.2, 0.25) is 0 Å². The van der Waals surface area contributed by atoms with Gasteiger partial charge in [-0.05, 0) is 42.8 Å². The lowest BCUT2D eigenvalue weighted by Gasteiger charge is -2.17. The fraction of sp³-hybridized carbons (Fsp3) is 0.200. The molecule has 0 radical (unpaired) electrons. The molecule has 1 unspecified atom stereocenters. The van der Waals surface area contributed by atoms with Gasteiger partial charge in [0.25, 0.3) is 0 Å². The molecule has 0 aliphatic rings. The highest BCUT2D eigenvalue weighted by Gasteiger charge is 2.13. The van der Waals surface area contributed by atoms with Crippen molar-refractivity contribution in [2.75, 3.05) is 7.05 Å². The van der Waals surface area contributed by atoms with Gasteiger partial charge < -0.3 is 5.32 Å². The van der Waals surface area contributed by atoms with Crippen molar-refractivity contribution in [3.63, 3.8) is 0 Å². The van der Waals surface area contributed by atoms with Crippen LogP contribution in [0.25, 0.3) is 0 Å². The highest BCUT2D eigenvalue weighted by atomic mass is 19.1. The maximum absolute atomic E-state index is 13.6. The number of rotatable bonds is 4. The van der Waals surface area contributed by atoms with Gasteiger partial charge in [-0.2, -0.15) is 0 Å². The van der Waals surface area contributed by atoms with Crippen LogP contribution in [0.1, 0.15) is 17.2 Å². The van der Waals surface area contributed by atoms with Gasteiger partial charge in [-0.3, -0.25) is 0 Å². The molecule has 100 valence electrons. The van der Waals surface area contributed by atoms with E-state index in [4.69, 9.17) is 0 Å². The van der Waals surface area contributed by atoms with Crippen LogP contribution in [0.3, 0.4) is 0 Å². The predicted octanol–water partition coefficient (Wildman–Crippen LogP) is 3.61. The second kappa shape index (κ2) is 5.89. The number of benzene rings is 2. The number of hydrogen-bond donors (Lipinski definition) is 1. The Bertz CT molecular complexity index is 552. The normalized spacial score (nSPS) is 12.4. The quantitative estimate of drug-likeness (QED) is 0.890. The summed E-state index contributed by atoms with van der Waals surface area (Å²) in [7, 11) is 1.75. The van der Waals surface area contributed by atoms with Gasteiger partial charge in [0.15, 0.2) is 0 Å². The SMILES string of the molecule is CNC(Cc1ccc(F)cc1F)c1ccc(F)cc1. The lowest BCUT2D eigenvalue weighted by atomic mass is 9.98. The standard InChI is InChI=1S/C15H14F3N/c1-19-15(10-2-5-12(16)6-3-10)8-11-4-7-13(17)9-14(11)18/h2-7,9,15,19H,8H2,1H3. The minimum atomic E-state index is -0.593. The average Bonchev–Trinajstić information content (AvgIpc) is 2.39. The van der Waals surface area contributed by atoms with Gasteiger partial charge in [-0.1, -0.05) is 18.2 Å². The molecule has 1 atom stereocenters. The van der Waals surface area contributed by atoms with E-state index in [9.17, 15) is 13.2 Å². The van der Waals surface area contributed by atoms with Crippen molar-refractivity contribution in [1.82, 2.24) is 5.32 Å². The van der Waals surface area contributed by atoms with Crippen molar-refractivity contribution in [2.24, 2.45) is 0 Å². The monoisotopic (exact) mass is 265 g/mol. The predicted molar refractivity (Wildman–Crippen MR) is 68.3 cm³/mol. The van der Waals surface area contributed by atoms with Crippen LogP contribution in [-0.4, -0.2) is 7.05 Å². The maximum Gasteiger partial charge on any atom is 0.129 e. The molecule has 0 bridgehead atoms. The smallest absolute Gasteiger partial charge is 0.129 e. The molecule has 0 heterocycles. The van der Waals surface area contributed by atoms with E-state index in [1.54, 1.807) is 19.2 Å². The minimum absolute atomic E-state index is 0.152. The molecule has 2 aromatic carbocycles. The second-order valence-electron chi connectivity index (χ2n) is 4.33. The van der Waals surface area contributed by atoms with Crippen molar-refractivity contribution >= 4 is 0 Å². The zero-order valence-corrected chi connectivity index (χ0v) is 10.5. The minimum Gasteiger partial charge on any atom is -0.313 e. The molecule has 0 fully saturated rings. The molecule has 1 N–H and O–H groups in total. The summed E-state index contributed by atoms with van der Waals surface area (Å²) >= 11 is 0. The Morgan fingerprint density at radius 3 is 2.16 bits per heavy atom.